The Hall–Kier alpha value is -6.07. The zero-order valence-corrected chi connectivity index (χ0v) is 22.0. The van der Waals surface area contributed by atoms with Gasteiger partial charge in [-0.25, -0.2) is 4.98 Å². The summed E-state index contributed by atoms with van der Waals surface area (Å²) in [6, 6.07) is -9.22. The summed E-state index contributed by atoms with van der Waals surface area (Å²) < 4.78 is 185. The van der Waals surface area contributed by atoms with Gasteiger partial charge in [0.15, 0.2) is 11.6 Å². The summed E-state index contributed by atoms with van der Waals surface area (Å²) in [5.74, 6) is -1.70. The summed E-state index contributed by atoms with van der Waals surface area (Å²) in [6.07, 6.45) is 0. The van der Waals surface area contributed by atoms with Crippen molar-refractivity contribution in [2.45, 2.75) is 0 Å². The summed E-state index contributed by atoms with van der Waals surface area (Å²) in [6.45, 7) is 0. The van der Waals surface area contributed by atoms with Gasteiger partial charge in [-0.2, -0.15) is 9.97 Å². The molecule has 0 amide bonds. The highest BCUT2D eigenvalue weighted by Gasteiger charge is 2.20. The van der Waals surface area contributed by atoms with Crippen molar-refractivity contribution in [3.63, 3.8) is 0 Å². The molecule has 0 radical (unpaired) electrons. The molecule has 9 aromatic rings. The summed E-state index contributed by atoms with van der Waals surface area (Å²) in [5, 5.41) is -1.20. The number of benzene rings is 6. The van der Waals surface area contributed by atoms with Gasteiger partial charge in [-0.3, -0.25) is 4.57 Å². The molecule has 0 N–H and O–H groups in total. The Kier molecular flexibility index (Phi) is 2.56. The Balaban J connectivity index is 1.52. The fourth-order valence-electron chi connectivity index (χ4n) is 5.20. The Morgan fingerprint density at radius 2 is 0.886 bits per heavy atom. The third-order valence-electron chi connectivity index (χ3n) is 7.00. The van der Waals surface area contributed by atoms with E-state index < -0.39 is 161 Å². The van der Waals surface area contributed by atoms with E-state index >= 15 is 0 Å². The number of para-hydroxylation sites is 5. The van der Waals surface area contributed by atoms with Crippen molar-refractivity contribution in [1.29, 1.82) is 0 Å². The average Bonchev–Trinajstić information content (AvgIpc) is 3.85. The standard InChI is InChI=1S/C39H25N5/c1-2-14-26(15-3-1)37-40-38(42-39(41-37)44-34-23-11-6-18-29(34)30-19-7-12-24-35(30)44)31-20-8-13-25-36(31)43-32-21-9-4-16-27(32)28-17-5-10-22-33(28)43/h1-25H/i1D,2D,3D,4D,5D,6D,7D,9D,10D,11D,12D,14D,15D,16D,17D,18D,19D,21D,22D,23D,24D. The van der Waals surface area contributed by atoms with Gasteiger partial charge < -0.3 is 4.57 Å². The third kappa shape index (κ3) is 3.69. The molecule has 9 rings (SSSR count). The molecule has 5 heteroatoms. The van der Waals surface area contributed by atoms with E-state index in [9.17, 15) is 0 Å². The first-order valence-electron chi connectivity index (χ1n) is 23.5. The van der Waals surface area contributed by atoms with E-state index in [1.54, 1.807) is 0 Å². The third-order valence-corrected chi connectivity index (χ3v) is 7.00. The van der Waals surface area contributed by atoms with Gasteiger partial charge in [0, 0.05) is 32.7 Å². The second-order valence-electron chi connectivity index (χ2n) is 9.37. The molecule has 44 heavy (non-hydrogen) atoms. The summed E-state index contributed by atoms with van der Waals surface area (Å²) in [7, 11) is 0. The zero-order chi connectivity index (χ0) is 47.3. The Morgan fingerprint density at radius 1 is 0.432 bits per heavy atom. The maximum absolute atomic E-state index is 9.06. The van der Waals surface area contributed by atoms with Crippen LogP contribution in [0.15, 0.2) is 151 Å². The highest BCUT2D eigenvalue weighted by molar-refractivity contribution is 6.10. The minimum absolute atomic E-state index is 0.0715. The van der Waals surface area contributed by atoms with Crippen molar-refractivity contribution in [2.24, 2.45) is 0 Å². The normalized spacial score (nSPS) is 18.3. The fraction of sp³-hybridized carbons (Fsp3) is 0. The van der Waals surface area contributed by atoms with Gasteiger partial charge >= 0.3 is 0 Å². The predicted molar refractivity (Wildman–Crippen MR) is 179 cm³/mol. The number of hydrogen-bond donors (Lipinski definition) is 0. The van der Waals surface area contributed by atoms with Crippen LogP contribution < -0.4 is 0 Å². The first kappa shape index (κ1) is 11.5. The molecule has 0 aliphatic rings. The van der Waals surface area contributed by atoms with Gasteiger partial charge in [-0.15, -0.1) is 0 Å². The predicted octanol–water partition coefficient (Wildman–Crippen LogP) is 9.40. The van der Waals surface area contributed by atoms with Crippen LogP contribution in [0.3, 0.4) is 0 Å². The molecule has 5 nitrogen and oxygen atoms in total. The fourth-order valence-corrected chi connectivity index (χ4v) is 5.20. The van der Waals surface area contributed by atoms with Crippen LogP contribution in [0.4, 0.5) is 0 Å². The van der Waals surface area contributed by atoms with Gasteiger partial charge in [0.25, 0.3) is 0 Å². The van der Waals surface area contributed by atoms with Gasteiger partial charge in [0.1, 0.15) is 0 Å². The minimum Gasteiger partial charge on any atom is -0.309 e. The van der Waals surface area contributed by atoms with Crippen LogP contribution >= 0.6 is 0 Å². The van der Waals surface area contributed by atoms with Crippen LogP contribution in [0, 0.1) is 0 Å². The Morgan fingerprint density at radius 3 is 1.45 bits per heavy atom. The quantitative estimate of drug-likeness (QED) is 0.207. The Labute approximate surface area is 282 Å². The van der Waals surface area contributed by atoms with Crippen molar-refractivity contribution in [3.8, 4) is 34.4 Å². The second kappa shape index (κ2) is 9.75. The number of fused-ring (bicyclic) bond motifs is 6. The van der Waals surface area contributed by atoms with E-state index in [4.69, 9.17) is 28.8 Å². The van der Waals surface area contributed by atoms with Crippen LogP contribution in [0.5, 0.6) is 0 Å². The lowest BCUT2D eigenvalue weighted by atomic mass is 10.1. The maximum Gasteiger partial charge on any atom is 0.238 e. The molecule has 0 aliphatic carbocycles. The van der Waals surface area contributed by atoms with Crippen molar-refractivity contribution in [1.82, 2.24) is 24.1 Å². The first-order valence-corrected chi connectivity index (χ1v) is 13.0. The number of nitrogens with zero attached hydrogens (tertiary/aromatic N) is 5. The smallest absolute Gasteiger partial charge is 0.238 e. The molecule has 3 heterocycles. The van der Waals surface area contributed by atoms with E-state index in [1.165, 1.54) is 28.8 Å². The Bertz CT molecular complexity index is 3510. The number of hydrogen-bond acceptors (Lipinski definition) is 3. The topological polar surface area (TPSA) is 48.5 Å². The largest absolute Gasteiger partial charge is 0.309 e. The monoisotopic (exact) mass is 584 g/mol. The molecule has 3 aromatic heterocycles. The second-order valence-corrected chi connectivity index (χ2v) is 9.37. The minimum atomic E-state index is -0.793. The average molecular weight is 585 g/mol. The molecule has 0 aliphatic heterocycles. The first-order chi connectivity index (χ1) is 30.6. The van der Waals surface area contributed by atoms with E-state index in [2.05, 4.69) is 15.0 Å². The molecular weight excluding hydrogens is 538 g/mol. The molecule has 206 valence electrons. The van der Waals surface area contributed by atoms with Crippen molar-refractivity contribution in [2.75, 3.05) is 0 Å². The molecule has 0 fully saturated rings. The molecule has 0 saturated heterocycles. The highest BCUT2D eigenvalue weighted by atomic mass is 15.2. The van der Waals surface area contributed by atoms with Gasteiger partial charge in [0.05, 0.1) is 56.5 Å². The van der Waals surface area contributed by atoms with E-state index in [-0.39, 0.29) is 43.8 Å². The van der Waals surface area contributed by atoms with Gasteiger partial charge in [0.2, 0.25) is 5.95 Å². The highest BCUT2D eigenvalue weighted by Crippen LogP contribution is 2.36. The molecule has 0 atom stereocenters. The lowest BCUT2D eigenvalue weighted by Gasteiger charge is -2.15. The van der Waals surface area contributed by atoms with E-state index in [1.807, 2.05) is 0 Å². The number of aromatic nitrogens is 5. The summed E-state index contributed by atoms with van der Waals surface area (Å²) in [5.41, 5.74) is -2.15. The summed E-state index contributed by atoms with van der Waals surface area (Å²) >= 11 is 0. The zero-order valence-electron chi connectivity index (χ0n) is 43.0. The molecular formula is C39H25N5. The van der Waals surface area contributed by atoms with Crippen LogP contribution in [-0.4, -0.2) is 24.1 Å². The van der Waals surface area contributed by atoms with Crippen LogP contribution in [-0.2, 0) is 0 Å². The molecule has 6 aromatic carbocycles. The van der Waals surface area contributed by atoms with Crippen LogP contribution in [0.2, 0.25) is 0 Å². The SMILES string of the molecule is [2H]c1c([2H])c([2H])c(-c2nc(-c3ccccc3-n3c4c([2H])c([2H])c([2H])c([2H])c4c4c([2H])c([2H])c([2H])c([2H])c43)nc(-n3c4c([2H])c([2H])c([2H])c([2H])c4c4c([2H])c([2H])c([2H])c([2H])c43)n2)c([2H])c1[2H]. The van der Waals surface area contributed by atoms with Crippen LogP contribution in [0.1, 0.15) is 28.8 Å². The maximum atomic E-state index is 9.06. The lowest BCUT2D eigenvalue weighted by Crippen LogP contribution is -2.07. The summed E-state index contributed by atoms with van der Waals surface area (Å²) in [4.78, 5) is 13.8. The van der Waals surface area contributed by atoms with E-state index in [0.29, 0.717) is 0 Å². The molecule has 0 unspecified atom stereocenters. The molecule has 0 spiro atoms. The van der Waals surface area contributed by atoms with Gasteiger partial charge in [-0.1, -0.05) is 115 Å². The molecule has 0 bridgehead atoms. The van der Waals surface area contributed by atoms with Crippen molar-refractivity contribution in [3.05, 3.63) is 151 Å². The van der Waals surface area contributed by atoms with Gasteiger partial charge in [-0.05, 0) is 36.3 Å². The lowest BCUT2D eigenvalue weighted by molar-refractivity contribution is 0.951. The molecule has 0 saturated carbocycles. The number of rotatable bonds is 4. The van der Waals surface area contributed by atoms with Crippen molar-refractivity contribution < 1.29 is 28.8 Å². The van der Waals surface area contributed by atoms with Crippen molar-refractivity contribution >= 4 is 43.6 Å². The van der Waals surface area contributed by atoms with E-state index in [0.717, 1.165) is 4.57 Å². The van der Waals surface area contributed by atoms with Crippen LogP contribution in [0.25, 0.3) is 78.0 Å².